The predicted octanol–water partition coefficient (Wildman–Crippen LogP) is 2.68. The van der Waals surface area contributed by atoms with Crippen molar-refractivity contribution in [1.29, 1.82) is 0 Å². The van der Waals surface area contributed by atoms with Gasteiger partial charge in [0.1, 0.15) is 11.2 Å². The van der Waals surface area contributed by atoms with Gasteiger partial charge in [-0.2, -0.15) is 5.10 Å². The second kappa shape index (κ2) is 6.72. The molecule has 1 atom stereocenters. The molecule has 29 heavy (non-hydrogen) atoms. The summed E-state index contributed by atoms with van der Waals surface area (Å²) < 4.78 is 16.2. The fourth-order valence-electron chi connectivity index (χ4n) is 4.08. The van der Waals surface area contributed by atoms with Gasteiger partial charge in [-0.25, -0.2) is 9.07 Å². The van der Waals surface area contributed by atoms with Crippen LogP contribution in [0.1, 0.15) is 41.6 Å². The lowest BCUT2D eigenvalue weighted by atomic mass is 10.0. The highest BCUT2D eigenvalue weighted by atomic mass is 19.1. The lowest BCUT2D eigenvalue weighted by molar-refractivity contribution is 0.0694. The van der Waals surface area contributed by atoms with Crippen LogP contribution in [0.2, 0.25) is 0 Å². The van der Waals surface area contributed by atoms with Gasteiger partial charge in [0, 0.05) is 13.6 Å². The van der Waals surface area contributed by atoms with Crippen LogP contribution in [0.4, 0.5) is 4.39 Å². The van der Waals surface area contributed by atoms with Gasteiger partial charge in [0.25, 0.3) is 11.5 Å². The first-order chi connectivity index (χ1) is 13.7. The quantitative estimate of drug-likeness (QED) is 0.736. The van der Waals surface area contributed by atoms with Gasteiger partial charge in [-0.15, -0.1) is 0 Å². The number of carbonyl (C=O) groups is 1. The van der Waals surface area contributed by atoms with Gasteiger partial charge in [0.15, 0.2) is 11.4 Å². The summed E-state index contributed by atoms with van der Waals surface area (Å²) in [5, 5.41) is 15.4. The summed E-state index contributed by atoms with van der Waals surface area (Å²) in [6, 6.07) is 5.73. The Morgan fingerprint density at radius 2 is 1.90 bits per heavy atom. The Morgan fingerprint density at radius 1 is 1.24 bits per heavy atom. The van der Waals surface area contributed by atoms with Gasteiger partial charge in [-0.1, -0.05) is 26.0 Å². The molecule has 1 unspecified atom stereocenters. The number of hydrogen-bond acceptors (Lipinski definition) is 4. The van der Waals surface area contributed by atoms with Gasteiger partial charge in [0.05, 0.1) is 23.8 Å². The fourth-order valence-corrected chi connectivity index (χ4v) is 4.08. The van der Waals surface area contributed by atoms with E-state index in [2.05, 4.69) is 5.10 Å². The van der Waals surface area contributed by atoms with Gasteiger partial charge < -0.3 is 14.6 Å². The average Bonchev–Trinajstić information content (AvgIpc) is 2.98. The third-order valence-corrected chi connectivity index (χ3v) is 5.60. The lowest BCUT2D eigenvalue weighted by Crippen LogP contribution is -2.42. The highest BCUT2D eigenvalue weighted by Crippen LogP contribution is 2.39. The molecule has 8 heteroatoms. The Morgan fingerprint density at radius 3 is 2.52 bits per heavy atom. The van der Waals surface area contributed by atoms with E-state index in [1.54, 1.807) is 35.6 Å². The molecule has 1 amide bonds. The molecule has 0 radical (unpaired) electrons. The number of hydrogen-bond donors (Lipinski definition) is 1. The number of carbonyl (C=O) groups excluding carboxylic acids is 1. The van der Waals surface area contributed by atoms with Crippen molar-refractivity contribution in [2.24, 2.45) is 5.92 Å². The molecule has 7 nitrogen and oxygen atoms in total. The van der Waals surface area contributed by atoms with Crippen LogP contribution in [0.25, 0.3) is 10.9 Å². The van der Waals surface area contributed by atoms with E-state index in [4.69, 9.17) is 0 Å². The van der Waals surface area contributed by atoms with E-state index >= 15 is 0 Å². The molecule has 1 aliphatic heterocycles. The number of fused-ring (bicyclic) bond motifs is 3. The minimum Gasteiger partial charge on any atom is -0.505 e. The standard InChI is InChI=1S/C21H23FN4O3/c1-11(2)15-10-24(4)21(29)18-19(27)16-17(26(15)18)12(3)23-25(20(16)28)9-13-5-7-14(22)8-6-13/h5-8,11,15,27H,9-10H2,1-4H3. The van der Waals surface area contributed by atoms with Crippen molar-refractivity contribution in [2.75, 3.05) is 13.6 Å². The van der Waals surface area contributed by atoms with E-state index in [0.717, 1.165) is 0 Å². The summed E-state index contributed by atoms with van der Waals surface area (Å²) in [4.78, 5) is 27.5. The van der Waals surface area contributed by atoms with Gasteiger partial charge in [0.2, 0.25) is 0 Å². The number of amides is 1. The SMILES string of the molecule is Cc1nn(Cc2ccc(F)cc2)c(=O)c2c(O)c3n(c12)C(C(C)C)CN(C)C3=O. The number of halogens is 1. The lowest BCUT2D eigenvalue weighted by Gasteiger charge is -2.35. The molecule has 2 aromatic heterocycles. The molecule has 0 spiro atoms. The molecule has 1 aromatic carbocycles. The smallest absolute Gasteiger partial charge is 0.280 e. The summed E-state index contributed by atoms with van der Waals surface area (Å²) in [7, 11) is 1.69. The molecule has 0 saturated heterocycles. The number of likely N-dealkylation sites (N-methyl/N-ethyl adjacent to an activating group) is 1. The minimum atomic E-state index is -0.479. The molecule has 1 aliphatic rings. The van der Waals surface area contributed by atoms with Crippen molar-refractivity contribution in [3.8, 4) is 5.75 Å². The van der Waals surface area contributed by atoms with Crippen LogP contribution >= 0.6 is 0 Å². The third-order valence-electron chi connectivity index (χ3n) is 5.60. The second-order valence-corrected chi connectivity index (χ2v) is 7.96. The van der Waals surface area contributed by atoms with Crippen molar-refractivity contribution in [2.45, 2.75) is 33.4 Å². The zero-order valence-corrected chi connectivity index (χ0v) is 16.8. The molecule has 0 saturated carbocycles. The molecule has 0 fully saturated rings. The number of aryl methyl sites for hydroxylation is 1. The normalized spacial score (nSPS) is 16.7. The molecule has 3 heterocycles. The highest BCUT2D eigenvalue weighted by molar-refractivity contribution is 6.04. The van der Waals surface area contributed by atoms with E-state index < -0.39 is 5.56 Å². The second-order valence-electron chi connectivity index (χ2n) is 7.96. The summed E-state index contributed by atoms with van der Waals surface area (Å²) in [5.41, 5.74) is 1.41. The van der Waals surface area contributed by atoms with Crippen molar-refractivity contribution in [1.82, 2.24) is 19.2 Å². The first kappa shape index (κ1) is 19.2. The number of rotatable bonds is 3. The van der Waals surface area contributed by atoms with Crippen molar-refractivity contribution in [3.05, 3.63) is 57.4 Å². The monoisotopic (exact) mass is 398 g/mol. The maximum Gasteiger partial charge on any atom is 0.280 e. The Bertz CT molecular complexity index is 1180. The van der Waals surface area contributed by atoms with Crippen LogP contribution in [-0.4, -0.2) is 43.9 Å². The largest absolute Gasteiger partial charge is 0.505 e. The molecular weight excluding hydrogens is 375 g/mol. The molecule has 0 bridgehead atoms. The molecule has 4 rings (SSSR count). The van der Waals surface area contributed by atoms with Crippen LogP contribution in [-0.2, 0) is 6.54 Å². The maximum absolute atomic E-state index is 13.2. The third kappa shape index (κ3) is 2.90. The average molecular weight is 398 g/mol. The Kier molecular flexibility index (Phi) is 4.44. The first-order valence-electron chi connectivity index (χ1n) is 9.55. The topological polar surface area (TPSA) is 80.4 Å². The minimum absolute atomic E-state index is 0.0797. The summed E-state index contributed by atoms with van der Waals surface area (Å²) in [6.45, 7) is 6.47. The van der Waals surface area contributed by atoms with E-state index in [0.29, 0.717) is 23.3 Å². The summed E-state index contributed by atoms with van der Waals surface area (Å²) in [6.07, 6.45) is 0. The van der Waals surface area contributed by atoms with Crippen LogP contribution in [0.15, 0.2) is 29.1 Å². The van der Waals surface area contributed by atoms with E-state index in [-0.39, 0.29) is 47.1 Å². The van der Waals surface area contributed by atoms with Gasteiger partial charge in [-0.3, -0.25) is 9.59 Å². The number of aromatic hydroxyl groups is 1. The maximum atomic E-state index is 13.2. The molecule has 3 aromatic rings. The zero-order valence-electron chi connectivity index (χ0n) is 16.8. The molecular formula is C21H23FN4O3. The number of aromatic nitrogens is 3. The molecule has 152 valence electrons. The Balaban J connectivity index is 1.97. The van der Waals surface area contributed by atoms with Crippen LogP contribution in [0.3, 0.4) is 0 Å². The van der Waals surface area contributed by atoms with Crippen molar-refractivity contribution >= 4 is 16.8 Å². The number of nitrogens with zero attached hydrogens (tertiary/aromatic N) is 4. The highest BCUT2D eigenvalue weighted by Gasteiger charge is 2.37. The Labute approximate surface area is 167 Å². The van der Waals surface area contributed by atoms with E-state index in [9.17, 15) is 19.1 Å². The van der Waals surface area contributed by atoms with Crippen LogP contribution < -0.4 is 5.56 Å². The predicted molar refractivity (Wildman–Crippen MR) is 107 cm³/mol. The van der Waals surface area contributed by atoms with E-state index in [1.807, 2.05) is 13.8 Å². The van der Waals surface area contributed by atoms with Crippen molar-refractivity contribution in [3.63, 3.8) is 0 Å². The van der Waals surface area contributed by atoms with E-state index in [1.165, 1.54) is 16.8 Å². The van der Waals surface area contributed by atoms with Crippen LogP contribution in [0.5, 0.6) is 5.75 Å². The summed E-state index contributed by atoms with van der Waals surface area (Å²) >= 11 is 0. The molecule has 1 N–H and O–H groups in total. The van der Waals surface area contributed by atoms with Crippen molar-refractivity contribution < 1.29 is 14.3 Å². The van der Waals surface area contributed by atoms with Gasteiger partial charge >= 0.3 is 0 Å². The fraction of sp³-hybridized carbons (Fsp3) is 0.381. The summed E-state index contributed by atoms with van der Waals surface area (Å²) in [5.74, 6) is -0.800. The molecule has 0 aliphatic carbocycles. The first-order valence-corrected chi connectivity index (χ1v) is 9.55. The zero-order chi connectivity index (χ0) is 21.0. The Hall–Kier alpha value is -3.16. The number of benzene rings is 1. The van der Waals surface area contributed by atoms with Crippen LogP contribution in [0, 0.1) is 18.7 Å². The van der Waals surface area contributed by atoms with Gasteiger partial charge in [-0.05, 0) is 30.5 Å².